The van der Waals surface area contributed by atoms with Gasteiger partial charge in [0.2, 0.25) is 0 Å². The van der Waals surface area contributed by atoms with Crippen molar-refractivity contribution in [2.75, 3.05) is 7.11 Å². The minimum Gasteiger partial charge on any atom is -0.494 e. The molecule has 1 aliphatic rings. The second-order valence-corrected chi connectivity index (χ2v) is 8.88. The molecule has 1 fully saturated rings. The summed E-state index contributed by atoms with van der Waals surface area (Å²) in [6, 6.07) is 13.4. The van der Waals surface area contributed by atoms with Crippen molar-refractivity contribution in [2.24, 2.45) is 5.92 Å². The molecule has 5 rings (SSSR count). The molecule has 0 radical (unpaired) electrons. The van der Waals surface area contributed by atoms with Gasteiger partial charge in [-0.25, -0.2) is 4.98 Å². The van der Waals surface area contributed by atoms with Crippen LogP contribution in [-0.2, 0) is 4.79 Å². The fourth-order valence-corrected chi connectivity index (χ4v) is 5.67. The number of ether oxygens (including phenoxy) is 1. The zero-order chi connectivity index (χ0) is 20.7. The van der Waals surface area contributed by atoms with E-state index >= 15 is 0 Å². The van der Waals surface area contributed by atoms with Gasteiger partial charge in [-0.2, -0.15) is 0 Å². The number of nitrogens with zero attached hydrogens (tertiary/aromatic N) is 2. The lowest BCUT2D eigenvalue weighted by Crippen LogP contribution is -2.18. The van der Waals surface area contributed by atoms with E-state index in [0.29, 0.717) is 16.8 Å². The SMILES string of the molecule is COc1cc2nc([C@@H]3CCCC[C@H]3C=O)sc2cc1-n1ccc2ccccc2c1=O. The van der Waals surface area contributed by atoms with Crippen LogP contribution in [0.15, 0.2) is 53.5 Å². The van der Waals surface area contributed by atoms with Crippen LogP contribution < -0.4 is 10.3 Å². The summed E-state index contributed by atoms with van der Waals surface area (Å²) in [7, 11) is 1.60. The minimum absolute atomic E-state index is 0.0452. The summed E-state index contributed by atoms with van der Waals surface area (Å²) in [5, 5.41) is 2.59. The van der Waals surface area contributed by atoms with Gasteiger partial charge in [-0.3, -0.25) is 9.36 Å². The van der Waals surface area contributed by atoms with Gasteiger partial charge in [0.05, 0.1) is 28.0 Å². The highest BCUT2D eigenvalue weighted by atomic mass is 32.1. The molecule has 2 aromatic heterocycles. The first-order valence-electron chi connectivity index (χ1n) is 10.2. The number of benzene rings is 2. The van der Waals surface area contributed by atoms with Crippen LogP contribution in [0.5, 0.6) is 5.75 Å². The third kappa shape index (κ3) is 3.12. The molecule has 0 saturated heterocycles. The predicted molar refractivity (Wildman–Crippen MR) is 120 cm³/mol. The van der Waals surface area contributed by atoms with E-state index in [4.69, 9.17) is 9.72 Å². The largest absolute Gasteiger partial charge is 0.494 e. The van der Waals surface area contributed by atoms with Crippen LogP contribution >= 0.6 is 11.3 Å². The van der Waals surface area contributed by atoms with Gasteiger partial charge in [0.1, 0.15) is 12.0 Å². The van der Waals surface area contributed by atoms with Gasteiger partial charge in [-0.15, -0.1) is 11.3 Å². The van der Waals surface area contributed by atoms with Crippen molar-refractivity contribution in [3.63, 3.8) is 0 Å². The fraction of sp³-hybridized carbons (Fsp3) is 0.292. The topological polar surface area (TPSA) is 61.2 Å². The highest BCUT2D eigenvalue weighted by Crippen LogP contribution is 2.41. The first-order chi connectivity index (χ1) is 14.7. The van der Waals surface area contributed by atoms with E-state index in [2.05, 4.69) is 0 Å². The fourth-order valence-electron chi connectivity index (χ4n) is 4.48. The maximum atomic E-state index is 13.1. The molecule has 1 saturated carbocycles. The monoisotopic (exact) mass is 418 g/mol. The van der Waals surface area contributed by atoms with Gasteiger partial charge in [0, 0.05) is 29.5 Å². The van der Waals surface area contributed by atoms with E-state index < -0.39 is 0 Å². The quantitative estimate of drug-likeness (QED) is 0.434. The lowest BCUT2D eigenvalue weighted by atomic mass is 9.80. The Labute approximate surface area is 177 Å². The zero-order valence-corrected chi connectivity index (χ0v) is 17.5. The number of carbonyl (C=O) groups excluding carboxylic acids is 1. The molecule has 152 valence electrons. The van der Waals surface area contributed by atoms with Gasteiger partial charge in [-0.1, -0.05) is 31.0 Å². The minimum atomic E-state index is -0.0798. The summed E-state index contributed by atoms with van der Waals surface area (Å²) < 4.78 is 8.25. The molecule has 0 aliphatic heterocycles. The summed E-state index contributed by atoms with van der Waals surface area (Å²) >= 11 is 1.62. The van der Waals surface area contributed by atoms with Crippen LogP contribution in [0, 0.1) is 5.92 Å². The molecular formula is C24H22N2O3S. The molecule has 2 aromatic carbocycles. The zero-order valence-electron chi connectivity index (χ0n) is 16.7. The van der Waals surface area contributed by atoms with Crippen molar-refractivity contribution >= 4 is 38.6 Å². The first kappa shape index (κ1) is 19.0. The lowest BCUT2D eigenvalue weighted by molar-refractivity contribution is -0.112. The molecule has 5 nitrogen and oxygen atoms in total. The van der Waals surface area contributed by atoms with Gasteiger partial charge >= 0.3 is 0 Å². The smallest absolute Gasteiger partial charge is 0.263 e. The summed E-state index contributed by atoms with van der Waals surface area (Å²) in [6.45, 7) is 0. The predicted octanol–water partition coefficient (Wildman–Crippen LogP) is 5.08. The summed E-state index contributed by atoms with van der Waals surface area (Å²) in [5.74, 6) is 0.836. The second kappa shape index (κ2) is 7.69. The second-order valence-electron chi connectivity index (χ2n) is 7.81. The third-order valence-corrected chi connectivity index (χ3v) is 7.24. The maximum Gasteiger partial charge on any atom is 0.263 e. The Morgan fingerprint density at radius 2 is 2.00 bits per heavy atom. The summed E-state index contributed by atoms with van der Waals surface area (Å²) in [4.78, 5) is 29.5. The Balaban J connectivity index is 1.65. The Kier molecular flexibility index (Phi) is 4.87. The van der Waals surface area contributed by atoms with Crippen LogP contribution in [0.4, 0.5) is 0 Å². The molecule has 4 aromatic rings. The Morgan fingerprint density at radius 1 is 1.17 bits per heavy atom. The standard InChI is InChI=1S/C24H22N2O3S/c1-29-21-12-19-22(30-23(25-19)17-8-4-3-7-16(17)14-27)13-20(21)26-11-10-15-6-2-5-9-18(15)24(26)28/h2,5-6,9-14,16-17H,3-4,7-8H2,1H3/t16-,17+/m0/s1. The molecule has 0 N–H and O–H groups in total. The van der Waals surface area contributed by atoms with E-state index in [9.17, 15) is 9.59 Å². The van der Waals surface area contributed by atoms with E-state index in [0.717, 1.165) is 52.6 Å². The number of pyridine rings is 1. The van der Waals surface area contributed by atoms with Crippen molar-refractivity contribution < 1.29 is 9.53 Å². The van der Waals surface area contributed by atoms with Gasteiger partial charge < -0.3 is 9.53 Å². The molecule has 0 unspecified atom stereocenters. The number of aromatic nitrogens is 2. The van der Waals surface area contributed by atoms with Crippen LogP contribution in [0.2, 0.25) is 0 Å². The summed E-state index contributed by atoms with van der Waals surface area (Å²) in [6.07, 6.45) is 7.05. The highest BCUT2D eigenvalue weighted by molar-refractivity contribution is 7.18. The average molecular weight is 419 g/mol. The molecule has 0 amide bonds. The van der Waals surface area contributed by atoms with Crippen LogP contribution in [0.25, 0.3) is 26.7 Å². The highest BCUT2D eigenvalue weighted by Gasteiger charge is 2.29. The van der Waals surface area contributed by atoms with Crippen molar-refractivity contribution in [3.8, 4) is 11.4 Å². The molecule has 0 bridgehead atoms. The molecular weight excluding hydrogens is 396 g/mol. The Hall–Kier alpha value is -2.99. The molecule has 1 aliphatic carbocycles. The third-order valence-electron chi connectivity index (χ3n) is 6.09. The van der Waals surface area contributed by atoms with Crippen molar-refractivity contribution in [1.29, 1.82) is 0 Å². The van der Waals surface area contributed by atoms with Crippen molar-refractivity contribution in [2.45, 2.75) is 31.6 Å². The number of carbonyl (C=O) groups is 1. The number of thiazole rings is 1. The molecule has 2 atom stereocenters. The maximum absolute atomic E-state index is 13.1. The van der Waals surface area contributed by atoms with E-state index in [1.165, 1.54) is 0 Å². The molecule has 6 heteroatoms. The van der Waals surface area contributed by atoms with Crippen molar-refractivity contribution in [3.05, 3.63) is 64.0 Å². The Bertz CT molecular complexity index is 1310. The van der Waals surface area contributed by atoms with Gasteiger partial charge in [-0.05, 0) is 36.4 Å². The number of hydrogen-bond donors (Lipinski definition) is 0. The van der Waals surface area contributed by atoms with Gasteiger partial charge in [0.25, 0.3) is 5.56 Å². The average Bonchev–Trinajstić information content (AvgIpc) is 3.21. The lowest BCUT2D eigenvalue weighted by Gasteiger charge is -2.25. The number of aldehydes is 1. The van der Waals surface area contributed by atoms with Crippen LogP contribution in [0.1, 0.15) is 36.6 Å². The Morgan fingerprint density at radius 3 is 2.83 bits per heavy atom. The molecule has 0 spiro atoms. The van der Waals surface area contributed by atoms with E-state index in [-0.39, 0.29) is 17.4 Å². The van der Waals surface area contributed by atoms with E-state index in [1.54, 1.807) is 29.2 Å². The number of hydrogen-bond acceptors (Lipinski definition) is 5. The number of methoxy groups -OCH3 is 1. The van der Waals surface area contributed by atoms with Gasteiger partial charge in [0.15, 0.2) is 0 Å². The summed E-state index contributed by atoms with van der Waals surface area (Å²) in [5.41, 5.74) is 1.47. The van der Waals surface area contributed by atoms with Crippen LogP contribution in [0.3, 0.4) is 0 Å². The van der Waals surface area contributed by atoms with Crippen molar-refractivity contribution in [1.82, 2.24) is 9.55 Å². The number of fused-ring (bicyclic) bond motifs is 2. The molecule has 2 heterocycles. The van der Waals surface area contributed by atoms with Crippen LogP contribution in [-0.4, -0.2) is 22.9 Å². The molecule has 30 heavy (non-hydrogen) atoms. The number of rotatable bonds is 4. The van der Waals surface area contributed by atoms with E-state index in [1.807, 2.05) is 42.5 Å². The normalized spacial score (nSPS) is 19.2. The first-order valence-corrected chi connectivity index (χ1v) is 11.1.